The molecule has 17 heteroatoms. The first kappa shape index (κ1) is 108. The molecule has 0 spiro atoms. The number of fused-ring (bicyclic) bond motifs is 11. The quantitative estimate of drug-likeness (QED) is 0.0201. The molecule has 0 N–H and O–H groups in total. The lowest BCUT2D eigenvalue weighted by molar-refractivity contribution is -0.0741. The first-order chi connectivity index (χ1) is 69.1. The van der Waals surface area contributed by atoms with Gasteiger partial charge in [-0.1, -0.05) is 220 Å². The molecule has 6 saturated carbocycles. The van der Waals surface area contributed by atoms with Crippen LogP contribution >= 0.6 is 0 Å². The zero-order valence-corrected chi connectivity index (χ0v) is 85.1. The molecule has 0 aromatic heterocycles. The van der Waals surface area contributed by atoms with Gasteiger partial charge in [0.1, 0.15) is 88.8 Å². The van der Waals surface area contributed by atoms with Crippen molar-refractivity contribution < 1.29 is 80.5 Å². The van der Waals surface area contributed by atoms with Crippen LogP contribution in [0, 0.1) is 59.2 Å². The van der Waals surface area contributed by atoms with Gasteiger partial charge in [-0.2, -0.15) is 0 Å². The summed E-state index contributed by atoms with van der Waals surface area (Å²) in [5.41, 5.74) is 11.0. The van der Waals surface area contributed by atoms with Crippen LogP contribution < -0.4 is 52.1 Å². The highest BCUT2D eigenvalue weighted by molar-refractivity contribution is 5.63. The van der Waals surface area contributed by atoms with Gasteiger partial charge in [0, 0.05) is 0 Å². The third kappa shape index (κ3) is 36.4. The van der Waals surface area contributed by atoms with Gasteiger partial charge in [-0.3, -0.25) is 0 Å². The smallest absolute Gasteiger partial charge is 0.197 e. The Balaban J connectivity index is 0.000000153. The van der Waals surface area contributed by atoms with Crippen molar-refractivity contribution in [2.24, 2.45) is 59.2 Å². The maximum absolute atomic E-state index is 6.00. The lowest BCUT2D eigenvalue weighted by Crippen LogP contribution is -2.33. The molecule has 0 saturated heterocycles. The molecule has 16 unspecified atom stereocenters. The molecule has 16 atom stereocenters. The monoisotopic (exact) mass is 1920 g/mol. The molecule has 142 heavy (non-hydrogen) atoms. The van der Waals surface area contributed by atoms with E-state index in [1.165, 1.54) is 63.4 Å². The first-order valence-electron chi connectivity index (χ1n) is 50.7. The fourth-order valence-electron chi connectivity index (χ4n) is 19.9. The molecule has 0 radical (unpaired) electrons. The SMILES string of the molecule is C=C(C)c1ccc(OC(C)OCCOc2ccc(OC)cc2)cc1.C=C(C)c1ccc(OC(C)OCCOc2ccccc2)cc1.C=C(C)c1ccc(OC(C)OCCc2ccccc2)cc1.C=Cc1ccc(OC(C)OCCC2CC3CC2C2C4CCC(C4)C32)cc1.C=Cc1ccc(OC(C)OCCC2CC3CCC2C3)cc1.C=Cc1ccc(OC(C)OCCOc2ccc(Oc3ccccc3)cc2)cc1. The number of hydrogen-bond acceptors (Lipinski definition) is 17. The molecule has 6 bridgehead atoms. The van der Waals surface area contributed by atoms with E-state index >= 15 is 0 Å². The van der Waals surface area contributed by atoms with Crippen molar-refractivity contribution in [1.29, 1.82) is 0 Å². The van der Waals surface area contributed by atoms with Crippen LogP contribution in [0.2, 0.25) is 0 Å². The fourth-order valence-corrected chi connectivity index (χ4v) is 19.9. The number of rotatable bonds is 48. The van der Waals surface area contributed by atoms with Crippen molar-refractivity contribution in [2.45, 2.75) is 177 Å². The summed E-state index contributed by atoms with van der Waals surface area (Å²) in [5, 5.41) is 0. The van der Waals surface area contributed by atoms with Gasteiger partial charge in [0.25, 0.3) is 0 Å². The number of para-hydroxylation sites is 2. The Bertz CT molecular complexity index is 5490. The molecule has 11 aromatic rings. The van der Waals surface area contributed by atoms with E-state index in [-0.39, 0.29) is 37.7 Å². The first-order valence-corrected chi connectivity index (χ1v) is 50.7. The summed E-state index contributed by atoms with van der Waals surface area (Å²) in [7, 11) is 1.64. The molecular formula is C125H150O17. The summed E-state index contributed by atoms with van der Waals surface area (Å²) in [6.07, 6.45) is 20.7. The van der Waals surface area contributed by atoms with E-state index < -0.39 is 0 Å². The summed E-state index contributed by atoms with van der Waals surface area (Å²) in [6.45, 7) is 45.5. The van der Waals surface area contributed by atoms with Crippen molar-refractivity contribution in [3.63, 3.8) is 0 Å². The van der Waals surface area contributed by atoms with E-state index in [0.29, 0.717) is 46.2 Å². The Morgan fingerprint density at radius 3 is 0.951 bits per heavy atom. The minimum Gasteiger partial charge on any atom is -0.497 e. The van der Waals surface area contributed by atoms with Crippen molar-refractivity contribution in [1.82, 2.24) is 0 Å². The number of hydrogen-bond donors (Lipinski definition) is 0. The molecule has 752 valence electrons. The molecular weight excluding hydrogens is 1770 g/mol. The second-order valence-corrected chi connectivity index (χ2v) is 37.4. The zero-order chi connectivity index (χ0) is 100. The summed E-state index contributed by atoms with van der Waals surface area (Å²) in [4.78, 5) is 0. The van der Waals surface area contributed by atoms with Gasteiger partial charge in [-0.25, -0.2) is 0 Å². The van der Waals surface area contributed by atoms with E-state index in [1.807, 2.05) is 347 Å². The van der Waals surface area contributed by atoms with E-state index in [0.717, 1.165) is 198 Å². The van der Waals surface area contributed by atoms with Crippen molar-refractivity contribution in [3.8, 4) is 69.0 Å². The fraction of sp³-hybridized carbons (Fsp3) is 0.376. The number of benzene rings is 11. The summed E-state index contributed by atoms with van der Waals surface area (Å²) >= 11 is 0. The molecule has 11 aromatic carbocycles. The predicted molar refractivity (Wildman–Crippen MR) is 574 cm³/mol. The van der Waals surface area contributed by atoms with Crippen LogP contribution in [0.25, 0.3) is 34.9 Å². The van der Waals surface area contributed by atoms with Crippen LogP contribution in [0.4, 0.5) is 0 Å². The summed E-state index contributed by atoms with van der Waals surface area (Å²) in [6, 6.07) is 91.8. The van der Waals surface area contributed by atoms with Gasteiger partial charge in [-0.15, -0.1) is 0 Å². The van der Waals surface area contributed by atoms with Gasteiger partial charge in [0.15, 0.2) is 37.7 Å². The molecule has 6 aliphatic rings. The molecule has 0 amide bonds. The van der Waals surface area contributed by atoms with Crippen LogP contribution in [0.5, 0.6) is 69.0 Å². The Morgan fingerprint density at radius 2 is 0.592 bits per heavy atom. The Morgan fingerprint density at radius 1 is 0.282 bits per heavy atom. The van der Waals surface area contributed by atoms with Crippen LogP contribution in [0.3, 0.4) is 0 Å². The highest BCUT2D eigenvalue weighted by atomic mass is 16.7. The summed E-state index contributed by atoms with van der Waals surface area (Å²) in [5.74, 6) is 19.9. The topological polar surface area (TPSA) is 157 Å². The zero-order valence-electron chi connectivity index (χ0n) is 85.1. The largest absolute Gasteiger partial charge is 0.497 e. The van der Waals surface area contributed by atoms with Crippen LogP contribution in [-0.4, -0.2) is 104 Å². The van der Waals surface area contributed by atoms with Gasteiger partial charge >= 0.3 is 0 Å². The van der Waals surface area contributed by atoms with Gasteiger partial charge in [-0.05, 0) is 377 Å². The minimum atomic E-state index is -0.361. The predicted octanol–water partition coefficient (Wildman–Crippen LogP) is 30.4. The standard InChI is InChI=1S/C24H24O4.C24H32O2.C20H24O4.C19H22O3.C19H26O2.C19H22O2/c1-3-20-9-11-23(12-10-20)27-19(2)25-17-18-26-21-13-15-24(16-14-21)28-22-7-5-4-6-8-22;1-3-16-4-8-21(9-5-16)26-15(2)25-11-10-17-12-20-14-22(17)24-19-7-6-18(13-19)23(20)24;1-15(2)17-5-7-20(8-6-17)24-16(3)22-13-14-23-19-11-9-18(21-4)10-12-19;1-15(2)17-9-11-19(12-10-17)22-16(3)20-13-14-21-18-7-5-4-6-8-18;1-3-15-5-8-19(9-6-15)21-14(2)20-11-10-18-13-16-4-7-17(18)12-16;1-15(2)18-9-11-19(12-10-18)21-16(3)20-14-13-17-7-5-4-6-8-17/h3-16,19H,1,17-18H2,2H3;3-5,8-9,15,17-20,22-24H,1,6-7,10-14H2,2H3;5-12,16H,1,13-14H2,2-4H3;4-12,16H,1,13-14H2,2-3H3;3,5-6,8-9,14,16-18H,1,4,7,10-13H2,2H3;4-12,16H,1,13-14H2,2-3H3. The lowest BCUT2D eigenvalue weighted by atomic mass is 9.67. The van der Waals surface area contributed by atoms with E-state index in [9.17, 15) is 0 Å². The van der Waals surface area contributed by atoms with Crippen molar-refractivity contribution in [2.75, 3.05) is 66.6 Å². The van der Waals surface area contributed by atoms with Crippen molar-refractivity contribution in [3.05, 3.63) is 364 Å². The second kappa shape index (κ2) is 58.1. The highest BCUT2D eigenvalue weighted by Crippen LogP contribution is 2.69. The summed E-state index contributed by atoms with van der Waals surface area (Å²) < 4.78 is 96.6. The highest BCUT2D eigenvalue weighted by Gasteiger charge is 2.62. The van der Waals surface area contributed by atoms with Gasteiger partial charge in [0.05, 0.1) is 46.8 Å². The van der Waals surface area contributed by atoms with Crippen LogP contribution in [-0.2, 0) is 34.8 Å². The number of methoxy groups -OCH3 is 1. The molecule has 0 aliphatic heterocycles. The van der Waals surface area contributed by atoms with E-state index in [4.69, 9.17) is 80.5 Å². The normalized spacial score (nSPS) is 19.5. The minimum absolute atomic E-state index is 0.182. The average molecular weight is 1920 g/mol. The third-order valence-electron chi connectivity index (χ3n) is 26.9. The molecule has 6 aliphatic carbocycles. The molecule has 6 fully saturated rings. The van der Waals surface area contributed by atoms with E-state index in [2.05, 4.69) is 51.6 Å². The lowest BCUT2D eigenvalue weighted by Gasteiger charge is -2.38. The van der Waals surface area contributed by atoms with Crippen LogP contribution in [0.1, 0.15) is 172 Å². The molecule has 17 nitrogen and oxygen atoms in total. The number of allylic oxidation sites excluding steroid dienone is 3. The Kier molecular flexibility index (Phi) is 44.3. The Hall–Kier alpha value is -12.6. The van der Waals surface area contributed by atoms with Crippen LogP contribution in [0.15, 0.2) is 325 Å². The Labute approximate surface area is 845 Å². The average Bonchev–Trinajstić information content (AvgIpc) is 1.55. The molecule has 17 rings (SSSR count). The maximum atomic E-state index is 6.00. The van der Waals surface area contributed by atoms with E-state index in [1.54, 1.807) is 26.0 Å². The molecule has 0 heterocycles. The van der Waals surface area contributed by atoms with Crippen molar-refractivity contribution >= 4 is 34.9 Å². The van der Waals surface area contributed by atoms with Gasteiger partial charge < -0.3 is 80.5 Å². The maximum Gasteiger partial charge on any atom is 0.197 e. The third-order valence-corrected chi connectivity index (χ3v) is 26.9. The van der Waals surface area contributed by atoms with Gasteiger partial charge in [0.2, 0.25) is 0 Å². The second-order valence-electron chi connectivity index (χ2n) is 37.4. The number of ether oxygens (including phenoxy) is 17.